The van der Waals surface area contributed by atoms with Gasteiger partial charge in [-0.2, -0.15) is 5.26 Å². The van der Waals surface area contributed by atoms with Crippen molar-refractivity contribution in [1.29, 1.82) is 5.26 Å². The number of nitrogens with one attached hydrogen (secondary N) is 1. The summed E-state index contributed by atoms with van der Waals surface area (Å²) in [6.45, 7) is 5.27. The Kier molecular flexibility index (Phi) is 4.51. The summed E-state index contributed by atoms with van der Waals surface area (Å²) in [5, 5.41) is 11.7. The lowest BCUT2D eigenvalue weighted by atomic mass is 10.3. The first-order chi connectivity index (χ1) is 7.26. The van der Waals surface area contributed by atoms with E-state index >= 15 is 0 Å². The second-order valence-electron chi connectivity index (χ2n) is 3.10. The summed E-state index contributed by atoms with van der Waals surface area (Å²) in [4.78, 5) is 7.95. The maximum atomic E-state index is 8.53. The first-order valence-corrected chi connectivity index (χ1v) is 4.82. The molecule has 1 rings (SSSR count). The number of nitriles is 1. The number of anilines is 1. The van der Waals surface area contributed by atoms with E-state index in [9.17, 15) is 0 Å². The van der Waals surface area contributed by atoms with E-state index in [1.54, 1.807) is 6.20 Å². The van der Waals surface area contributed by atoms with Gasteiger partial charge in [-0.1, -0.05) is 0 Å². The lowest BCUT2D eigenvalue weighted by Crippen LogP contribution is -2.22. The highest BCUT2D eigenvalue weighted by atomic mass is 16.5. The predicted octanol–water partition coefficient (Wildman–Crippen LogP) is 1.19. The van der Waals surface area contributed by atoms with E-state index in [1.165, 1.54) is 6.20 Å². The molecule has 0 saturated carbocycles. The van der Waals surface area contributed by atoms with Crippen molar-refractivity contribution in [2.45, 2.75) is 19.9 Å². The van der Waals surface area contributed by atoms with Crippen LogP contribution in [0.2, 0.25) is 0 Å². The molecule has 15 heavy (non-hydrogen) atoms. The Bertz CT molecular complexity index is 330. The van der Waals surface area contributed by atoms with Crippen LogP contribution in [0.5, 0.6) is 0 Å². The molecule has 5 heteroatoms. The van der Waals surface area contributed by atoms with Gasteiger partial charge in [-0.25, -0.2) is 9.97 Å². The SMILES string of the molecule is CCOCC(C)Nc1cnc(C#N)cn1. The van der Waals surface area contributed by atoms with Crippen LogP contribution in [0, 0.1) is 11.3 Å². The summed E-state index contributed by atoms with van der Waals surface area (Å²) in [7, 11) is 0. The maximum Gasteiger partial charge on any atom is 0.158 e. The van der Waals surface area contributed by atoms with Crippen LogP contribution in [0.1, 0.15) is 19.5 Å². The summed E-state index contributed by atoms with van der Waals surface area (Å²) in [6, 6.07) is 2.09. The zero-order valence-electron chi connectivity index (χ0n) is 8.90. The smallest absolute Gasteiger partial charge is 0.158 e. The molecular weight excluding hydrogens is 192 g/mol. The molecule has 0 saturated heterocycles. The molecule has 0 radical (unpaired) electrons. The number of ether oxygens (including phenoxy) is 1. The predicted molar refractivity (Wildman–Crippen MR) is 56.3 cm³/mol. The lowest BCUT2D eigenvalue weighted by molar-refractivity contribution is 0.141. The van der Waals surface area contributed by atoms with Crippen LogP contribution in [0.4, 0.5) is 5.82 Å². The number of rotatable bonds is 5. The van der Waals surface area contributed by atoms with E-state index in [-0.39, 0.29) is 6.04 Å². The van der Waals surface area contributed by atoms with E-state index < -0.39 is 0 Å². The topological polar surface area (TPSA) is 70.8 Å². The number of hydrogen-bond acceptors (Lipinski definition) is 5. The van der Waals surface area contributed by atoms with Gasteiger partial charge < -0.3 is 10.1 Å². The van der Waals surface area contributed by atoms with Gasteiger partial charge in [0.25, 0.3) is 0 Å². The first kappa shape index (κ1) is 11.4. The minimum atomic E-state index is 0.173. The molecule has 0 aromatic carbocycles. The van der Waals surface area contributed by atoms with Crippen LogP contribution < -0.4 is 5.32 Å². The van der Waals surface area contributed by atoms with Gasteiger partial charge in [0.2, 0.25) is 0 Å². The third-order valence-corrected chi connectivity index (χ3v) is 1.73. The Morgan fingerprint density at radius 2 is 2.33 bits per heavy atom. The third kappa shape index (κ3) is 3.92. The van der Waals surface area contributed by atoms with Crippen LogP contribution in [-0.4, -0.2) is 29.2 Å². The molecule has 1 N–H and O–H groups in total. The highest BCUT2D eigenvalue weighted by Gasteiger charge is 2.02. The molecule has 0 aliphatic carbocycles. The molecule has 0 aliphatic heterocycles. The molecule has 1 atom stereocenters. The molecule has 0 spiro atoms. The molecule has 0 aliphatic rings. The quantitative estimate of drug-likeness (QED) is 0.783. The fraction of sp³-hybridized carbons (Fsp3) is 0.500. The van der Waals surface area contributed by atoms with Crippen molar-refractivity contribution in [2.75, 3.05) is 18.5 Å². The Balaban J connectivity index is 2.47. The average molecular weight is 206 g/mol. The lowest BCUT2D eigenvalue weighted by Gasteiger charge is -2.13. The Labute approximate surface area is 89.1 Å². The van der Waals surface area contributed by atoms with E-state index in [1.807, 2.05) is 19.9 Å². The second-order valence-corrected chi connectivity index (χ2v) is 3.10. The first-order valence-electron chi connectivity index (χ1n) is 4.82. The highest BCUT2D eigenvalue weighted by Crippen LogP contribution is 2.02. The molecular formula is C10H14N4O. The summed E-state index contributed by atoms with van der Waals surface area (Å²) in [5.74, 6) is 0.654. The van der Waals surface area contributed by atoms with Gasteiger partial charge in [0.15, 0.2) is 5.69 Å². The van der Waals surface area contributed by atoms with Crippen LogP contribution in [-0.2, 0) is 4.74 Å². The number of nitrogens with zero attached hydrogens (tertiary/aromatic N) is 3. The third-order valence-electron chi connectivity index (χ3n) is 1.73. The van der Waals surface area contributed by atoms with E-state index in [4.69, 9.17) is 10.00 Å². The zero-order chi connectivity index (χ0) is 11.1. The van der Waals surface area contributed by atoms with Crippen LogP contribution in [0.3, 0.4) is 0 Å². The largest absolute Gasteiger partial charge is 0.380 e. The zero-order valence-corrected chi connectivity index (χ0v) is 8.90. The summed E-state index contributed by atoms with van der Waals surface area (Å²) < 4.78 is 5.25. The molecule has 1 unspecified atom stereocenters. The minimum Gasteiger partial charge on any atom is -0.380 e. The fourth-order valence-electron chi connectivity index (χ4n) is 1.05. The van der Waals surface area contributed by atoms with Crippen LogP contribution in [0.15, 0.2) is 12.4 Å². The molecule has 0 bridgehead atoms. The van der Waals surface area contributed by atoms with Gasteiger partial charge in [-0.3, -0.25) is 0 Å². The van der Waals surface area contributed by atoms with E-state index in [2.05, 4.69) is 15.3 Å². The molecule has 5 nitrogen and oxygen atoms in total. The molecule has 1 heterocycles. The summed E-state index contributed by atoms with van der Waals surface area (Å²) >= 11 is 0. The molecule has 0 fully saturated rings. The Morgan fingerprint density at radius 3 is 2.87 bits per heavy atom. The van der Waals surface area contributed by atoms with Crippen molar-refractivity contribution in [3.8, 4) is 6.07 Å². The molecule has 0 amide bonds. The number of aromatic nitrogens is 2. The fourth-order valence-corrected chi connectivity index (χ4v) is 1.05. The molecule has 1 aromatic heterocycles. The van der Waals surface area contributed by atoms with E-state index in [0.29, 0.717) is 24.7 Å². The highest BCUT2D eigenvalue weighted by molar-refractivity contribution is 5.34. The van der Waals surface area contributed by atoms with Gasteiger partial charge in [0.05, 0.1) is 19.0 Å². The van der Waals surface area contributed by atoms with Crippen molar-refractivity contribution in [2.24, 2.45) is 0 Å². The van der Waals surface area contributed by atoms with Crippen molar-refractivity contribution in [3.63, 3.8) is 0 Å². The Morgan fingerprint density at radius 1 is 1.53 bits per heavy atom. The summed E-state index contributed by atoms with van der Waals surface area (Å²) in [5.41, 5.74) is 0.318. The standard InChI is InChI=1S/C10H14N4O/c1-3-15-7-8(2)14-10-6-12-9(4-11)5-13-10/h5-6,8H,3,7H2,1-2H3,(H,13,14). The Hall–Kier alpha value is -1.67. The van der Waals surface area contributed by atoms with Crippen molar-refractivity contribution in [3.05, 3.63) is 18.1 Å². The van der Waals surface area contributed by atoms with Crippen LogP contribution in [0.25, 0.3) is 0 Å². The van der Waals surface area contributed by atoms with Crippen molar-refractivity contribution >= 4 is 5.82 Å². The van der Waals surface area contributed by atoms with Gasteiger partial charge >= 0.3 is 0 Å². The monoisotopic (exact) mass is 206 g/mol. The molecule has 80 valence electrons. The minimum absolute atomic E-state index is 0.173. The normalized spacial score (nSPS) is 11.8. The summed E-state index contributed by atoms with van der Waals surface area (Å²) in [6.07, 6.45) is 2.98. The van der Waals surface area contributed by atoms with Crippen molar-refractivity contribution in [1.82, 2.24) is 9.97 Å². The average Bonchev–Trinajstić information content (AvgIpc) is 2.27. The van der Waals surface area contributed by atoms with Gasteiger partial charge in [-0.15, -0.1) is 0 Å². The van der Waals surface area contributed by atoms with Crippen LogP contribution >= 0.6 is 0 Å². The second kappa shape index (κ2) is 5.94. The van der Waals surface area contributed by atoms with Crippen molar-refractivity contribution < 1.29 is 4.74 Å². The van der Waals surface area contributed by atoms with E-state index in [0.717, 1.165) is 0 Å². The maximum absolute atomic E-state index is 8.53. The van der Waals surface area contributed by atoms with Gasteiger partial charge in [-0.05, 0) is 13.8 Å². The van der Waals surface area contributed by atoms with Gasteiger partial charge in [0, 0.05) is 12.6 Å². The van der Waals surface area contributed by atoms with Gasteiger partial charge in [0.1, 0.15) is 11.9 Å². The molecule has 1 aromatic rings. The number of hydrogen-bond donors (Lipinski definition) is 1.